The molecule has 0 aliphatic heterocycles. The van der Waals surface area contributed by atoms with Crippen molar-refractivity contribution in [3.8, 4) is 0 Å². The van der Waals surface area contributed by atoms with Crippen molar-refractivity contribution in [3.05, 3.63) is 85.8 Å². The van der Waals surface area contributed by atoms with Crippen LogP contribution in [-0.2, 0) is 22.5 Å². The molecule has 0 saturated heterocycles. The standard InChI is InChI=1S/C33H39BrCl2N4O3/c1-2-33(14-6-3-7-15-33)39-21-24-18-23(19-25(34)30(24)37)32(42)38-16-9-17-43-29(41)20-22-10-4-5-13-28(22)40-31-26(35)11-8-12-27(31)36/h4-5,8,10-13,18-19,39-40H,2-3,6-7,9,14-17,20-21,37H2,1H3,(H,38,42). The number of carbonyl (C=O) groups is 2. The Labute approximate surface area is 272 Å². The Morgan fingerprint density at radius 2 is 1.72 bits per heavy atom. The smallest absolute Gasteiger partial charge is 0.310 e. The van der Waals surface area contributed by atoms with Crippen molar-refractivity contribution in [2.75, 3.05) is 24.2 Å². The van der Waals surface area contributed by atoms with Crippen molar-refractivity contribution in [1.29, 1.82) is 0 Å². The van der Waals surface area contributed by atoms with Crippen LogP contribution in [0.3, 0.4) is 0 Å². The van der Waals surface area contributed by atoms with Crippen LogP contribution in [-0.4, -0.2) is 30.6 Å². The lowest BCUT2D eigenvalue weighted by Gasteiger charge is -2.38. The maximum Gasteiger partial charge on any atom is 0.310 e. The molecule has 1 aliphatic carbocycles. The fourth-order valence-electron chi connectivity index (χ4n) is 5.44. The van der Waals surface area contributed by atoms with E-state index in [2.05, 4.69) is 38.8 Å². The SMILES string of the molecule is CCC1(NCc2cc(C(=O)NCCCOC(=O)Cc3ccccc3Nc3c(Cl)cccc3Cl)cc(Br)c2N)CCCCC1. The summed E-state index contributed by atoms with van der Waals surface area (Å²) in [5.74, 6) is -0.567. The van der Waals surface area contributed by atoms with E-state index in [1.54, 1.807) is 24.3 Å². The highest BCUT2D eigenvalue weighted by Crippen LogP contribution is 2.34. The monoisotopic (exact) mass is 688 g/mol. The fraction of sp³-hybridized carbons (Fsp3) is 0.394. The maximum atomic E-state index is 12.9. The highest BCUT2D eigenvalue weighted by molar-refractivity contribution is 9.10. The van der Waals surface area contributed by atoms with Gasteiger partial charge in [0.15, 0.2) is 0 Å². The van der Waals surface area contributed by atoms with Gasteiger partial charge in [-0.05, 0) is 83.1 Å². The summed E-state index contributed by atoms with van der Waals surface area (Å²) in [7, 11) is 0. The van der Waals surface area contributed by atoms with Gasteiger partial charge >= 0.3 is 5.97 Å². The zero-order valence-electron chi connectivity index (χ0n) is 24.4. The Hall–Kier alpha value is -2.78. The lowest BCUT2D eigenvalue weighted by Crippen LogP contribution is -2.45. The van der Waals surface area contributed by atoms with Gasteiger partial charge in [0.1, 0.15) is 0 Å². The predicted molar refractivity (Wildman–Crippen MR) is 179 cm³/mol. The van der Waals surface area contributed by atoms with Gasteiger partial charge in [-0.3, -0.25) is 9.59 Å². The average Bonchev–Trinajstić information content (AvgIpc) is 3.00. The second-order valence-electron chi connectivity index (χ2n) is 11.0. The van der Waals surface area contributed by atoms with Gasteiger partial charge in [-0.15, -0.1) is 0 Å². The van der Waals surface area contributed by atoms with Gasteiger partial charge < -0.3 is 26.4 Å². The van der Waals surface area contributed by atoms with Gasteiger partial charge in [-0.2, -0.15) is 0 Å². The molecule has 0 aromatic heterocycles. The molecule has 1 amide bonds. The first-order valence-electron chi connectivity index (χ1n) is 14.8. The first-order valence-corrected chi connectivity index (χ1v) is 16.3. The maximum absolute atomic E-state index is 12.9. The molecule has 3 aromatic rings. The number of nitrogen functional groups attached to an aromatic ring is 1. The molecule has 1 aliphatic rings. The third kappa shape index (κ3) is 9.11. The number of hydrogen-bond acceptors (Lipinski definition) is 6. The van der Waals surface area contributed by atoms with E-state index in [0.29, 0.717) is 51.0 Å². The van der Waals surface area contributed by atoms with Crippen LogP contribution in [0, 0.1) is 0 Å². The fourth-order valence-corrected chi connectivity index (χ4v) is 6.43. The number of nitrogens with two attached hydrogens (primary N) is 1. The summed E-state index contributed by atoms with van der Waals surface area (Å²) in [6.07, 6.45) is 7.72. The number of esters is 1. The molecule has 7 nitrogen and oxygen atoms in total. The van der Waals surface area contributed by atoms with E-state index < -0.39 is 0 Å². The summed E-state index contributed by atoms with van der Waals surface area (Å²) in [6.45, 7) is 3.39. The van der Waals surface area contributed by atoms with Crippen LogP contribution in [0.15, 0.2) is 59.1 Å². The van der Waals surface area contributed by atoms with Crippen molar-refractivity contribution in [3.63, 3.8) is 0 Å². The molecule has 10 heteroatoms. The molecule has 0 unspecified atom stereocenters. The summed E-state index contributed by atoms with van der Waals surface area (Å²) in [5, 5.41) is 10.9. The van der Waals surface area contributed by atoms with Crippen molar-refractivity contribution >= 4 is 68.1 Å². The zero-order valence-corrected chi connectivity index (χ0v) is 27.5. The Balaban J connectivity index is 1.24. The molecule has 0 radical (unpaired) electrons. The first-order chi connectivity index (χ1) is 20.7. The summed E-state index contributed by atoms with van der Waals surface area (Å²) in [5.41, 5.74) is 10.6. The van der Waals surface area contributed by atoms with E-state index in [0.717, 1.165) is 36.1 Å². The average molecular weight is 691 g/mol. The predicted octanol–water partition coefficient (Wildman–Crippen LogP) is 8.19. The molecule has 230 valence electrons. The summed E-state index contributed by atoms with van der Waals surface area (Å²) in [4.78, 5) is 25.5. The first kappa shape index (κ1) is 33.1. The molecule has 0 heterocycles. The quantitative estimate of drug-likeness (QED) is 0.0820. The zero-order chi connectivity index (χ0) is 30.8. The molecule has 0 bridgehead atoms. The van der Waals surface area contributed by atoms with Crippen LogP contribution < -0.4 is 21.7 Å². The van der Waals surface area contributed by atoms with Gasteiger partial charge in [0.2, 0.25) is 0 Å². The molecule has 4 rings (SSSR count). The minimum Gasteiger partial charge on any atom is -0.465 e. The molecule has 0 atom stereocenters. The Morgan fingerprint density at radius 3 is 2.44 bits per heavy atom. The van der Waals surface area contributed by atoms with Crippen molar-refractivity contribution in [1.82, 2.24) is 10.6 Å². The number of benzene rings is 3. The van der Waals surface area contributed by atoms with Crippen LogP contribution in [0.2, 0.25) is 10.0 Å². The minimum absolute atomic E-state index is 0.0766. The second kappa shape index (κ2) is 15.8. The third-order valence-electron chi connectivity index (χ3n) is 8.06. The lowest BCUT2D eigenvalue weighted by molar-refractivity contribution is -0.142. The summed E-state index contributed by atoms with van der Waals surface area (Å²) >= 11 is 16.1. The largest absolute Gasteiger partial charge is 0.465 e. The number of para-hydroxylation sites is 2. The van der Waals surface area contributed by atoms with E-state index in [4.69, 9.17) is 33.7 Å². The molecule has 1 fully saturated rings. The Morgan fingerprint density at radius 1 is 1.00 bits per heavy atom. The van der Waals surface area contributed by atoms with E-state index in [-0.39, 0.29) is 30.4 Å². The van der Waals surface area contributed by atoms with Crippen molar-refractivity contribution in [2.24, 2.45) is 0 Å². The number of amides is 1. The van der Waals surface area contributed by atoms with Crippen LogP contribution in [0.25, 0.3) is 0 Å². The Bertz CT molecular complexity index is 1410. The topological polar surface area (TPSA) is 105 Å². The van der Waals surface area contributed by atoms with Crippen LogP contribution >= 0.6 is 39.1 Å². The third-order valence-corrected chi connectivity index (χ3v) is 9.35. The number of rotatable bonds is 13. The molecule has 1 saturated carbocycles. The van der Waals surface area contributed by atoms with Crippen LogP contribution in [0.4, 0.5) is 17.1 Å². The molecule has 5 N–H and O–H groups in total. The van der Waals surface area contributed by atoms with Gasteiger partial charge in [-0.25, -0.2) is 0 Å². The van der Waals surface area contributed by atoms with Crippen molar-refractivity contribution in [2.45, 2.75) is 70.4 Å². The van der Waals surface area contributed by atoms with E-state index in [1.807, 2.05) is 30.3 Å². The summed E-state index contributed by atoms with van der Waals surface area (Å²) < 4.78 is 6.15. The van der Waals surface area contributed by atoms with E-state index in [1.165, 1.54) is 19.3 Å². The van der Waals surface area contributed by atoms with Gasteiger partial charge in [0.25, 0.3) is 5.91 Å². The molecule has 0 spiro atoms. The second-order valence-corrected chi connectivity index (χ2v) is 12.6. The molecular formula is C33H39BrCl2N4O3. The normalized spacial score (nSPS) is 14.2. The molecular weight excluding hydrogens is 651 g/mol. The molecule has 3 aromatic carbocycles. The van der Waals surface area contributed by atoms with Crippen LogP contribution in [0.5, 0.6) is 0 Å². The van der Waals surface area contributed by atoms with Crippen LogP contribution in [0.1, 0.15) is 73.4 Å². The van der Waals surface area contributed by atoms with Gasteiger partial charge in [0.05, 0.1) is 34.4 Å². The highest BCUT2D eigenvalue weighted by Gasteiger charge is 2.29. The van der Waals surface area contributed by atoms with Gasteiger partial charge in [0, 0.05) is 34.4 Å². The Kier molecular flexibility index (Phi) is 12.2. The minimum atomic E-state index is -0.367. The van der Waals surface area contributed by atoms with E-state index >= 15 is 0 Å². The van der Waals surface area contributed by atoms with Crippen molar-refractivity contribution < 1.29 is 14.3 Å². The number of anilines is 3. The molecule has 43 heavy (non-hydrogen) atoms. The number of carbonyl (C=O) groups excluding carboxylic acids is 2. The lowest BCUT2D eigenvalue weighted by atomic mass is 9.79. The number of halogens is 3. The number of nitrogens with one attached hydrogen (secondary N) is 3. The van der Waals surface area contributed by atoms with Gasteiger partial charge in [-0.1, -0.05) is 73.7 Å². The van der Waals surface area contributed by atoms with E-state index in [9.17, 15) is 9.59 Å². The number of hydrogen-bond donors (Lipinski definition) is 4. The number of ether oxygens (including phenoxy) is 1. The summed E-state index contributed by atoms with van der Waals surface area (Å²) in [6, 6.07) is 16.3. The highest BCUT2D eigenvalue weighted by atomic mass is 79.9.